The van der Waals surface area contributed by atoms with E-state index in [9.17, 15) is 0 Å². The van der Waals surface area contributed by atoms with Crippen LogP contribution in [0.4, 0.5) is 0 Å². The topological polar surface area (TPSA) is 0 Å². The summed E-state index contributed by atoms with van der Waals surface area (Å²) in [5, 5.41) is 2.97. The van der Waals surface area contributed by atoms with Crippen LogP contribution in [0.15, 0.2) is 182 Å². The molecule has 1 aliphatic rings. The summed E-state index contributed by atoms with van der Waals surface area (Å²) in [5.41, 5.74) is 0. The molecule has 0 radical (unpaired) electrons. The van der Waals surface area contributed by atoms with Crippen LogP contribution in [0, 0.1) is 0 Å². The Kier molecular flexibility index (Phi) is 13.3. The Bertz CT molecular complexity index is 1650. The molecule has 1 saturated heterocycles. The average molecular weight is 996 g/mol. The van der Waals surface area contributed by atoms with E-state index in [1.807, 2.05) is 8.70 Å². The molecule has 0 aliphatic carbocycles. The van der Waals surface area contributed by atoms with Crippen LogP contribution in [0.1, 0.15) is 25.7 Å². The average Bonchev–Trinajstić information content (AvgIpc) is 3.17. The molecule has 1 aliphatic heterocycles. The number of rotatable bonds is 6. The van der Waals surface area contributed by atoms with Crippen LogP contribution in [0.25, 0.3) is 0 Å². The molecule has 7 rings (SSSR count). The van der Waals surface area contributed by atoms with Crippen LogP contribution < -0.4 is 26.1 Å². The zero-order valence-corrected chi connectivity index (χ0v) is 38.5. The molecular weight excluding hydrogens is 954 g/mol. The van der Waals surface area contributed by atoms with Gasteiger partial charge in [0.2, 0.25) is 0 Å². The van der Waals surface area contributed by atoms with Gasteiger partial charge < -0.3 is 0 Å². The van der Waals surface area contributed by atoms with Crippen molar-refractivity contribution in [2.24, 2.45) is 0 Å². The van der Waals surface area contributed by atoms with Crippen molar-refractivity contribution >= 4 is 93.4 Å². The number of hydrogen-bond acceptors (Lipinski definition) is 0. The van der Waals surface area contributed by atoms with E-state index in [1.165, 1.54) is 36.1 Å². The second kappa shape index (κ2) is 18.2. The van der Waals surface area contributed by atoms with E-state index >= 15 is 0 Å². The predicted molar refractivity (Wildman–Crippen MR) is 219 cm³/mol. The van der Waals surface area contributed by atoms with Gasteiger partial charge in [-0.3, -0.25) is 0 Å². The molecule has 0 spiro atoms. The first-order valence-electron chi connectivity index (χ1n) is 16.9. The van der Waals surface area contributed by atoms with E-state index in [0.29, 0.717) is 0 Å². The van der Waals surface area contributed by atoms with Crippen LogP contribution in [0.5, 0.6) is 0 Å². The Hall–Kier alpha value is -1.33. The van der Waals surface area contributed by atoms with Gasteiger partial charge in [0.25, 0.3) is 0 Å². The molecule has 0 aromatic heterocycles. The third kappa shape index (κ3) is 8.58. The third-order valence-corrected chi connectivity index (χ3v) is 216. The van der Waals surface area contributed by atoms with Crippen molar-refractivity contribution in [1.29, 1.82) is 0 Å². The number of hydrogen-bond donors (Lipinski definition) is 0. The van der Waals surface area contributed by atoms with Crippen molar-refractivity contribution in [3.63, 3.8) is 0 Å². The molecule has 0 bridgehead atoms. The first-order chi connectivity index (χ1) is 23.9. The zero-order chi connectivity index (χ0) is 32.4. The summed E-state index contributed by atoms with van der Waals surface area (Å²) in [6, 6.07) is 73.2. The molecule has 6 unspecified atom stereocenters. The quantitative estimate of drug-likeness (QED) is 0.198. The van der Waals surface area contributed by atoms with Gasteiger partial charge in [0.15, 0.2) is 0 Å². The molecule has 0 saturated carbocycles. The zero-order valence-electron chi connectivity index (χ0n) is 27.2. The Morgan fingerprint density at radius 1 is 0.229 bits per heavy atom. The molecule has 1 fully saturated rings. The molecule has 0 amide bonds. The standard InChI is InChI=1S/C42H42As6/c1-2-22-36-44(38-25-11-4-12-26-38)46(40-29-15-6-16-30-40)48(42-33-19-8-20-34-42)47(41-31-17-7-18-32-41)45(39-27-13-5-14-28-39)43(35-21-1)37-23-9-3-10-24-37/h3-20,23-34H,1-2,21-22,35-36H2. The van der Waals surface area contributed by atoms with E-state index < -0.39 is 67.2 Å². The molecule has 0 nitrogen and oxygen atoms in total. The fourth-order valence-corrected chi connectivity index (χ4v) is 410. The molecule has 48 heavy (non-hydrogen) atoms. The van der Waals surface area contributed by atoms with E-state index in [-0.39, 0.29) is 0 Å². The summed E-state index contributed by atoms with van der Waals surface area (Å²) in [6.07, 6.45) is 5.65. The Morgan fingerprint density at radius 3 is 0.729 bits per heavy atom. The summed E-state index contributed by atoms with van der Waals surface area (Å²) in [7, 11) is -6.24. The van der Waals surface area contributed by atoms with E-state index in [0.717, 1.165) is 0 Å². The van der Waals surface area contributed by atoms with Crippen molar-refractivity contribution in [3.05, 3.63) is 182 Å². The van der Waals surface area contributed by atoms with Gasteiger partial charge in [0.05, 0.1) is 0 Å². The van der Waals surface area contributed by atoms with Gasteiger partial charge in [-0.1, -0.05) is 0 Å². The van der Waals surface area contributed by atoms with Crippen molar-refractivity contribution in [3.8, 4) is 0 Å². The van der Waals surface area contributed by atoms with Crippen LogP contribution >= 0.6 is 0 Å². The first-order valence-corrected chi connectivity index (χ1v) is 51.2. The summed E-state index contributed by atoms with van der Waals surface area (Å²) in [5.74, 6) is 0. The van der Waals surface area contributed by atoms with E-state index in [2.05, 4.69) is 182 Å². The van der Waals surface area contributed by atoms with E-state index in [1.54, 1.807) is 17.4 Å². The number of benzene rings is 6. The van der Waals surface area contributed by atoms with Crippen molar-refractivity contribution in [2.75, 3.05) is 0 Å². The minimum absolute atomic E-state index is 1.40. The van der Waals surface area contributed by atoms with Gasteiger partial charge in [0.1, 0.15) is 0 Å². The van der Waals surface area contributed by atoms with E-state index in [4.69, 9.17) is 0 Å². The predicted octanol–water partition coefficient (Wildman–Crippen LogP) is 5.36. The fraction of sp³-hybridized carbons (Fsp3) is 0.143. The maximum atomic E-state index is 2.62. The molecule has 6 aromatic carbocycles. The Labute approximate surface area is 307 Å². The van der Waals surface area contributed by atoms with Gasteiger partial charge in [-0.05, 0) is 0 Å². The van der Waals surface area contributed by atoms with Crippen LogP contribution in [0.2, 0.25) is 10.4 Å². The summed E-state index contributed by atoms with van der Waals surface area (Å²) < 4.78 is 10.7. The normalized spacial score (nSPS) is 23.8. The van der Waals surface area contributed by atoms with Crippen molar-refractivity contribution < 1.29 is 0 Å². The van der Waals surface area contributed by atoms with Gasteiger partial charge in [-0.25, -0.2) is 0 Å². The minimum atomic E-state index is -1.59. The van der Waals surface area contributed by atoms with Gasteiger partial charge in [0, 0.05) is 0 Å². The molecular formula is C42H42As6. The third-order valence-electron chi connectivity index (χ3n) is 8.54. The molecule has 240 valence electrons. The molecule has 6 atom stereocenters. The summed E-state index contributed by atoms with van der Waals surface area (Å²) in [6.45, 7) is 0. The second-order valence-electron chi connectivity index (χ2n) is 11.8. The van der Waals surface area contributed by atoms with Gasteiger partial charge >= 0.3 is 311 Å². The Balaban J connectivity index is 1.56. The second-order valence-corrected chi connectivity index (χ2v) is 105. The van der Waals surface area contributed by atoms with Crippen LogP contribution in [0.3, 0.4) is 0 Å². The van der Waals surface area contributed by atoms with Gasteiger partial charge in [-0.15, -0.1) is 0 Å². The summed E-state index contributed by atoms with van der Waals surface area (Å²) >= 11 is -2.80. The maximum absolute atomic E-state index is 2.62. The van der Waals surface area contributed by atoms with Crippen LogP contribution in [-0.4, -0.2) is 67.2 Å². The molecule has 1 heterocycles. The molecule has 6 aromatic rings. The Morgan fingerprint density at radius 2 is 0.458 bits per heavy atom. The van der Waals surface area contributed by atoms with Crippen LogP contribution in [-0.2, 0) is 0 Å². The first kappa shape index (κ1) is 35.1. The van der Waals surface area contributed by atoms with Gasteiger partial charge in [-0.2, -0.15) is 0 Å². The fourth-order valence-electron chi connectivity index (χ4n) is 6.29. The molecule has 0 N–H and O–H groups in total. The van der Waals surface area contributed by atoms with Crippen molar-refractivity contribution in [1.82, 2.24) is 0 Å². The van der Waals surface area contributed by atoms with Crippen molar-refractivity contribution in [2.45, 2.75) is 36.1 Å². The SMILES string of the molecule is c1ccc([As]2CCCCCC[As](c3ccccc3)[As](c3ccccc3)[As](c3ccccc3)[As](c3ccccc3)[As]2c2ccccc2)cc1. The summed E-state index contributed by atoms with van der Waals surface area (Å²) in [4.78, 5) is 0. The molecule has 6 heteroatoms. The monoisotopic (exact) mass is 996 g/mol.